The Morgan fingerprint density at radius 3 is 2.75 bits per heavy atom. The van der Waals surface area contributed by atoms with Crippen LogP contribution in [0.1, 0.15) is 49.5 Å². The zero-order valence-corrected chi connectivity index (χ0v) is 12.9. The summed E-state index contributed by atoms with van der Waals surface area (Å²) in [7, 11) is 1.35. The normalized spacial score (nSPS) is 12.7. The molecule has 1 aromatic heterocycles. The van der Waals surface area contributed by atoms with Crippen molar-refractivity contribution in [2.75, 3.05) is 33.3 Å². The Bertz CT molecular complexity index is 404. The number of ether oxygens (including phenoxy) is 1. The van der Waals surface area contributed by atoms with Gasteiger partial charge < -0.3 is 19.4 Å². The molecule has 1 N–H and O–H groups in total. The zero-order valence-electron chi connectivity index (χ0n) is 12.9. The SMILES string of the molecule is CCCN(CC)CCNC(C)c1ccc(C(=O)OC)o1. The Morgan fingerprint density at radius 2 is 2.15 bits per heavy atom. The Kier molecular flexibility index (Phi) is 7.33. The van der Waals surface area contributed by atoms with Crippen molar-refractivity contribution in [1.82, 2.24) is 10.2 Å². The van der Waals surface area contributed by atoms with Crippen molar-refractivity contribution < 1.29 is 13.9 Å². The maximum absolute atomic E-state index is 11.3. The fourth-order valence-corrected chi connectivity index (χ4v) is 2.08. The van der Waals surface area contributed by atoms with Crippen molar-refractivity contribution in [1.29, 1.82) is 0 Å². The highest BCUT2D eigenvalue weighted by atomic mass is 16.5. The summed E-state index contributed by atoms with van der Waals surface area (Å²) >= 11 is 0. The molecule has 5 nitrogen and oxygen atoms in total. The Hall–Kier alpha value is -1.33. The van der Waals surface area contributed by atoms with Gasteiger partial charge in [-0.25, -0.2) is 4.79 Å². The summed E-state index contributed by atoms with van der Waals surface area (Å²) in [6.45, 7) is 10.5. The first-order chi connectivity index (χ1) is 9.62. The Balaban J connectivity index is 2.40. The molecule has 0 aliphatic heterocycles. The minimum atomic E-state index is -0.441. The first-order valence-corrected chi connectivity index (χ1v) is 7.26. The molecule has 1 unspecified atom stereocenters. The number of carbonyl (C=O) groups is 1. The molecule has 0 saturated carbocycles. The molecule has 20 heavy (non-hydrogen) atoms. The van der Waals surface area contributed by atoms with E-state index < -0.39 is 5.97 Å². The number of esters is 1. The number of likely N-dealkylation sites (N-methyl/N-ethyl adjacent to an activating group) is 1. The number of furan rings is 1. The summed E-state index contributed by atoms with van der Waals surface area (Å²) in [6.07, 6.45) is 1.17. The van der Waals surface area contributed by atoms with Gasteiger partial charge in [-0.2, -0.15) is 0 Å². The van der Waals surface area contributed by atoms with Crippen LogP contribution in [-0.4, -0.2) is 44.2 Å². The fraction of sp³-hybridized carbons (Fsp3) is 0.667. The molecule has 0 aromatic carbocycles. The number of rotatable bonds is 9. The number of nitrogens with one attached hydrogen (secondary N) is 1. The minimum absolute atomic E-state index is 0.0775. The van der Waals surface area contributed by atoms with Crippen molar-refractivity contribution in [3.8, 4) is 0 Å². The monoisotopic (exact) mass is 282 g/mol. The third-order valence-electron chi connectivity index (χ3n) is 3.31. The van der Waals surface area contributed by atoms with E-state index in [0.717, 1.165) is 31.9 Å². The van der Waals surface area contributed by atoms with Crippen LogP contribution in [0.2, 0.25) is 0 Å². The molecule has 1 heterocycles. The lowest BCUT2D eigenvalue weighted by Gasteiger charge is -2.20. The first-order valence-electron chi connectivity index (χ1n) is 7.26. The molecular formula is C15H26N2O3. The molecule has 0 spiro atoms. The van der Waals surface area contributed by atoms with E-state index in [-0.39, 0.29) is 11.8 Å². The van der Waals surface area contributed by atoms with Gasteiger partial charge in [0.25, 0.3) is 0 Å². The summed E-state index contributed by atoms with van der Waals surface area (Å²) in [6, 6.07) is 3.54. The topological polar surface area (TPSA) is 54.7 Å². The van der Waals surface area contributed by atoms with Gasteiger partial charge in [0.15, 0.2) is 0 Å². The van der Waals surface area contributed by atoms with E-state index in [1.54, 1.807) is 6.07 Å². The average Bonchev–Trinajstić information content (AvgIpc) is 2.95. The number of methoxy groups -OCH3 is 1. The predicted molar refractivity (Wildman–Crippen MR) is 78.9 cm³/mol. The van der Waals surface area contributed by atoms with Crippen LogP contribution in [0.4, 0.5) is 0 Å². The van der Waals surface area contributed by atoms with Gasteiger partial charge in [0.1, 0.15) is 5.76 Å². The molecule has 1 rings (SSSR count). The summed E-state index contributed by atoms with van der Waals surface area (Å²) in [5, 5.41) is 3.40. The quantitative estimate of drug-likeness (QED) is 0.705. The van der Waals surface area contributed by atoms with Crippen LogP contribution in [0.3, 0.4) is 0 Å². The van der Waals surface area contributed by atoms with Gasteiger partial charge in [-0.05, 0) is 38.6 Å². The van der Waals surface area contributed by atoms with Gasteiger partial charge in [-0.1, -0.05) is 13.8 Å². The number of hydrogen-bond acceptors (Lipinski definition) is 5. The lowest BCUT2D eigenvalue weighted by molar-refractivity contribution is 0.0562. The molecule has 1 aromatic rings. The largest absolute Gasteiger partial charge is 0.463 e. The average molecular weight is 282 g/mol. The molecule has 0 radical (unpaired) electrons. The molecular weight excluding hydrogens is 256 g/mol. The van der Waals surface area contributed by atoms with Crippen molar-refractivity contribution in [2.24, 2.45) is 0 Å². The third-order valence-corrected chi connectivity index (χ3v) is 3.31. The minimum Gasteiger partial charge on any atom is -0.463 e. The molecule has 0 bridgehead atoms. The van der Waals surface area contributed by atoms with Gasteiger partial charge in [0, 0.05) is 13.1 Å². The van der Waals surface area contributed by atoms with Crippen molar-refractivity contribution in [3.05, 3.63) is 23.7 Å². The second-order valence-electron chi connectivity index (χ2n) is 4.80. The molecule has 5 heteroatoms. The van der Waals surface area contributed by atoms with Gasteiger partial charge in [0.05, 0.1) is 13.2 Å². The van der Waals surface area contributed by atoms with Gasteiger partial charge in [0.2, 0.25) is 5.76 Å². The number of hydrogen-bond donors (Lipinski definition) is 1. The molecule has 1 atom stereocenters. The van der Waals surface area contributed by atoms with Crippen LogP contribution in [0.15, 0.2) is 16.5 Å². The van der Waals surface area contributed by atoms with Crippen LogP contribution < -0.4 is 5.32 Å². The molecule has 0 amide bonds. The second kappa shape index (κ2) is 8.76. The lowest BCUT2D eigenvalue weighted by atomic mass is 10.2. The standard InChI is InChI=1S/C15H26N2O3/c1-5-10-17(6-2)11-9-16-12(3)13-7-8-14(20-13)15(18)19-4/h7-8,12,16H,5-6,9-11H2,1-4H3. The van der Waals surface area contributed by atoms with E-state index in [4.69, 9.17) is 4.42 Å². The van der Waals surface area contributed by atoms with Gasteiger partial charge in [-0.15, -0.1) is 0 Å². The van der Waals surface area contributed by atoms with Crippen LogP contribution in [0.25, 0.3) is 0 Å². The second-order valence-corrected chi connectivity index (χ2v) is 4.80. The predicted octanol–water partition coefficient (Wildman–Crippen LogP) is 2.45. The Morgan fingerprint density at radius 1 is 1.40 bits per heavy atom. The number of nitrogens with zero attached hydrogens (tertiary/aromatic N) is 1. The number of carbonyl (C=O) groups excluding carboxylic acids is 1. The maximum Gasteiger partial charge on any atom is 0.373 e. The molecule has 0 fully saturated rings. The van der Waals surface area contributed by atoms with Gasteiger partial charge in [-0.3, -0.25) is 0 Å². The van der Waals surface area contributed by atoms with Gasteiger partial charge >= 0.3 is 5.97 Å². The summed E-state index contributed by atoms with van der Waals surface area (Å²) in [4.78, 5) is 13.7. The molecule has 0 aliphatic rings. The van der Waals surface area contributed by atoms with E-state index in [9.17, 15) is 4.79 Å². The van der Waals surface area contributed by atoms with Crippen LogP contribution in [0.5, 0.6) is 0 Å². The van der Waals surface area contributed by atoms with E-state index in [1.807, 2.05) is 13.0 Å². The summed E-state index contributed by atoms with van der Waals surface area (Å²) in [5.74, 6) is 0.560. The summed E-state index contributed by atoms with van der Waals surface area (Å²) in [5.41, 5.74) is 0. The van der Waals surface area contributed by atoms with Crippen LogP contribution in [-0.2, 0) is 4.74 Å². The highest BCUT2D eigenvalue weighted by Crippen LogP contribution is 2.16. The highest BCUT2D eigenvalue weighted by molar-refractivity contribution is 5.86. The zero-order chi connectivity index (χ0) is 15.0. The summed E-state index contributed by atoms with van der Waals surface area (Å²) < 4.78 is 10.1. The van der Waals surface area contributed by atoms with Crippen LogP contribution >= 0.6 is 0 Å². The molecule has 0 aliphatic carbocycles. The molecule has 114 valence electrons. The van der Waals surface area contributed by atoms with E-state index in [0.29, 0.717) is 0 Å². The van der Waals surface area contributed by atoms with E-state index >= 15 is 0 Å². The maximum atomic E-state index is 11.3. The smallest absolute Gasteiger partial charge is 0.373 e. The van der Waals surface area contributed by atoms with Crippen LogP contribution in [0, 0.1) is 0 Å². The van der Waals surface area contributed by atoms with Crippen molar-refractivity contribution >= 4 is 5.97 Å². The van der Waals surface area contributed by atoms with E-state index in [1.165, 1.54) is 13.5 Å². The lowest BCUT2D eigenvalue weighted by Crippen LogP contribution is -2.33. The third kappa shape index (κ3) is 4.98. The first kappa shape index (κ1) is 16.7. The van der Waals surface area contributed by atoms with E-state index in [2.05, 4.69) is 28.8 Å². The Labute approximate surface area is 121 Å². The highest BCUT2D eigenvalue weighted by Gasteiger charge is 2.15. The van der Waals surface area contributed by atoms with Crippen molar-refractivity contribution in [3.63, 3.8) is 0 Å². The molecule has 0 saturated heterocycles. The fourth-order valence-electron chi connectivity index (χ4n) is 2.08. The van der Waals surface area contributed by atoms with Crippen molar-refractivity contribution in [2.45, 2.75) is 33.2 Å².